The minimum Gasteiger partial charge on any atom is -0.495 e. The summed E-state index contributed by atoms with van der Waals surface area (Å²) < 4.78 is 11.1. The molecule has 5 nitrogen and oxygen atoms in total. The van der Waals surface area contributed by atoms with E-state index >= 15 is 0 Å². The molecule has 0 aromatic heterocycles. The minimum atomic E-state index is -0.231. The Morgan fingerprint density at radius 2 is 1.67 bits per heavy atom. The van der Waals surface area contributed by atoms with Gasteiger partial charge in [-0.3, -0.25) is 4.79 Å². The monoisotopic (exact) mass is 382 g/mol. The molecule has 0 aliphatic rings. The highest BCUT2D eigenvalue weighted by Crippen LogP contribution is 2.30. The second-order valence-corrected chi connectivity index (χ2v) is 6.09. The van der Waals surface area contributed by atoms with Crippen molar-refractivity contribution in [1.82, 2.24) is 0 Å². The van der Waals surface area contributed by atoms with Crippen LogP contribution in [0.15, 0.2) is 72.8 Å². The van der Waals surface area contributed by atoms with E-state index in [1.165, 1.54) is 7.11 Å². The molecule has 0 aliphatic carbocycles. The lowest BCUT2D eigenvalue weighted by Gasteiger charge is -2.14. The minimum absolute atomic E-state index is 0.0603. The molecule has 2 N–H and O–H groups in total. The first-order chi connectivity index (χ1) is 13.2. The largest absolute Gasteiger partial charge is 0.495 e. The van der Waals surface area contributed by atoms with Crippen molar-refractivity contribution < 1.29 is 14.3 Å². The van der Waals surface area contributed by atoms with E-state index < -0.39 is 0 Å². The zero-order valence-corrected chi connectivity index (χ0v) is 15.5. The highest BCUT2D eigenvalue weighted by atomic mass is 35.5. The van der Waals surface area contributed by atoms with Crippen molar-refractivity contribution >= 4 is 28.9 Å². The van der Waals surface area contributed by atoms with Crippen LogP contribution in [-0.2, 0) is 4.79 Å². The van der Waals surface area contributed by atoms with Crippen LogP contribution in [0.1, 0.15) is 0 Å². The summed E-state index contributed by atoms with van der Waals surface area (Å²) in [7, 11) is 1.54. The van der Waals surface area contributed by atoms with Crippen LogP contribution in [0.2, 0.25) is 5.02 Å². The molecule has 3 rings (SSSR count). The molecule has 0 radical (unpaired) electrons. The number of halogens is 1. The van der Waals surface area contributed by atoms with Crippen molar-refractivity contribution in [2.24, 2.45) is 0 Å². The van der Waals surface area contributed by atoms with Gasteiger partial charge in [0.1, 0.15) is 11.5 Å². The van der Waals surface area contributed by atoms with Crippen LogP contribution in [0.25, 0.3) is 0 Å². The molecule has 0 saturated carbocycles. The quantitative estimate of drug-likeness (QED) is 0.590. The Morgan fingerprint density at radius 3 is 2.44 bits per heavy atom. The third kappa shape index (κ3) is 5.15. The highest BCUT2D eigenvalue weighted by molar-refractivity contribution is 6.31. The van der Waals surface area contributed by atoms with Crippen LogP contribution in [0.5, 0.6) is 17.2 Å². The van der Waals surface area contributed by atoms with Crippen LogP contribution in [0.4, 0.5) is 11.4 Å². The molecule has 6 heteroatoms. The van der Waals surface area contributed by atoms with Gasteiger partial charge in [-0.25, -0.2) is 0 Å². The first-order valence-electron chi connectivity index (χ1n) is 8.35. The number of nitrogens with one attached hydrogen (secondary N) is 2. The van der Waals surface area contributed by atoms with Crippen molar-refractivity contribution in [2.75, 3.05) is 24.3 Å². The summed E-state index contributed by atoms with van der Waals surface area (Å²) in [6.07, 6.45) is 0. The van der Waals surface area contributed by atoms with Gasteiger partial charge in [0.25, 0.3) is 0 Å². The summed E-state index contributed by atoms with van der Waals surface area (Å²) in [6.45, 7) is 0.0603. The van der Waals surface area contributed by atoms with Gasteiger partial charge in [0.2, 0.25) is 5.91 Å². The Morgan fingerprint density at radius 1 is 0.926 bits per heavy atom. The molecule has 0 heterocycles. The lowest BCUT2D eigenvalue weighted by molar-refractivity contribution is -0.114. The Balaban J connectivity index is 1.65. The molecule has 0 atom stereocenters. The van der Waals surface area contributed by atoms with E-state index in [1.54, 1.807) is 18.2 Å². The normalized spacial score (nSPS) is 10.1. The molecular weight excluding hydrogens is 364 g/mol. The van der Waals surface area contributed by atoms with Crippen LogP contribution in [-0.4, -0.2) is 19.6 Å². The smallest absolute Gasteiger partial charge is 0.243 e. The van der Waals surface area contributed by atoms with Crippen molar-refractivity contribution in [3.05, 3.63) is 77.8 Å². The second-order valence-electron chi connectivity index (χ2n) is 5.66. The van der Waals surface area contributed by atoms with Gasteiger partial charge in [0.15, 0.2) is 5.75 Å². The van der Waals surface area contributed by atoms with Gasteiger partial charge >= 0.3 is 0 Å². The summed E-state index contributed by atoms with van der Waals surface area (Å²) in [5, 5.41) is 6.40. The molecular formula is C21H19ClN2O3. The number of amides is 1. The fraction of sp³-hybridized carbons (Fsp3) is 0.0952. The summed E-state index contributed by atoms with van der Waals surface area (Å²) >= 11 is 5.99. The van der Waals surface area contributed by atoms with E-state index in [0.717, 1.165) is 11.4 Å². The van der Waals surface area contributed by atoms with Crippen molar-refractivity contribution in [1.29, 1.82) is 0 Å². The number of carbonyl (C=O) groups is 1. The third-order valence-electron chi connectivity index (χ3n) is 3.73. The molecule has 0 fully saturated rings. The standard InChI is InChI=1S/C21H19ClN2O3/c1-26-19-12-11-15(22)13-18(19)24-21(25)14-23-17-9-5-6-10-20(17)27-16-7-3-2-4-8-16/h2-13,23H,14H2,1H3,(H,24,25). The maximum absolute atomic E-state index is 12.3. The Kier molecular flexibility index (Phi) is 6.18. The molecule has 0 spiro atoms. The zero-order valence-electron chi connectivity index (χ0n) is 14.7. The average molecular weight is 383 g/mol. The van der Waals surface area contributed by atoms with Gasteiger partial charge in [-0.1, -0.05) is 41.9 Å². The fourth-order valence-corrected chi connectivity index (χ4v) is 2.64. The third-order valence-corrected chi connectivity index (χ3v) is 3.97. The van der Waals surface area contributed by atoms with Crippen molar-refractivity contribution in [3.8, 4) is 17.2 Å². The van der Waals surface area contributed by atoms with Gasteiger partial charge in [-0.05, 0) is 42.5 Å². The number of rotatable bonds is 7. The molecule has 0 saturated heterocycles. The lowest BCUT2D eigenvalue weighted by atomic mass is 10.2. The fourth-order valence-electron chi connectivity index (χ4n) is 2.46. The number of hydrogen-bond acceptors (Lipinski definition) is 4. The molecule has 138 valence electrons. The van der Waals surface area contributed by atoms with Crippen LogP contribution in [0.3, 0.4) is 0 Å². The molecule has 27 heavy (non-hydrogen) atoms. The van der Waals surface area contributed by atoms with E-state index in [0.29, 0.717) is 22.2 Å². The summed E-state index contributed by atoms with van der Waals surface area (Å²) in [5.41, 5.74) is 1.24. The van der Waals surface area contributed by atoms with E-state index in [-0.39, 0.29) is 12.5 Å². The van der Waals surface area contributed by atoms with Crippen LogP contribution in [0, 0.1) is 0 Å². The van der Waals surface area contributed by atoms with Gasteiger partial charge < -0.3 is 20.1 Å². The topological polar surface area (TPSA) is 59.6 Å². The molecule has 0 bridgehead atoms. The zero-order chi connectivity index (χ0) is 19.1. The average Bonchev–Trinajstić information content (AvgIpc) is 2.68. The maximum Gasteiger partial charge on any atom is 0.243 e. The first kappa shape index (κ1) is 18.6. The number of para-hydroxylation sites is 3. The van der Waals surface area contributed by atoms with E-state index in [9.17, 15) is 4.79 Å². The van der Waals surface area contributed by atoms with Crippen molar-refractivity contribution in [2.45, 2.75) is 0 Å². The number of methoxy groups -OCH3 is 1. The number of benzene rings is 3. The first-order valence-corrected chi connectivity index (χ1v) is 8.72. The van der Waals surface area contributed by atoms with E-state index in [1.807, 2.05) is 54.6 Å². The van der Waals surface area contributed by atoms with Gasteiger partial charge in [-0.15, -0.1) is 0 Å². The summed E-state index contributed by atoms with van der Waals surface area (Å²) in [6, 6.07) is 21.9. The molecule has 0 aliphatic heterocycles. The molecule has 3 aromatic carbocycles. The van der Waals surface area contributed by atoms with E-state index in [2.05, 4.69) is 10.6 Å². The van der Waals surface area contributed by atoms with Gasteiger partial charge in [0, 0.05) is 5.02 Å². The molecule has 1 amide bonds. The highest BCUT2D eigenvalue weighted by Gasteiger charge is 2.10. The van der Waals surface area contributed by atoms with Crippen LogP contribution >= 0.6 is 11.6 Å². The predicted octanol–water partition coefficient (Wildman–Crippen LogP) is 5.19. The van der Waals surface area contributed by atoms with Crippen LogP contribution < -0.4 is 20.1 Å². The second kappa shape index (κ2) is 8.96. The Hall–Kier alpha value is -3.18. The molecule has 0 unspecified atom stereocenters. The summed E-state index contributed by atoms with van der Waals surface area (Å²) in [5.74, 6) is 1.67. The Bertz CT molecular complexity index is 916. The number of anilines is 2. The van der Waals surface area contributed by atoms with Gasteiger partial charge in [0.05, 0.1) is 25.0 Å². The predicted molar refractivity (Wildman–Crippen MR) is 108 cm³/mol. The van der Waals surface area contributed by atoms with E-state index in [4.69, 9.17) is 21.1 Å². The number of carbonyl (C=O) groups excluding carboxylic acids is 1. The lowest BCUT2D eigenvalue weighted by Crippen LogP contribution is -2.22. The maximum atomic E-state index is 12.3. The summed E-state index contributed by atoms with van der Waals surface area (Å²) in [4.78, 5) is 12.3. The van der Waals surface area contributed by atoms with Crippen molar-refractivity contribution in [3.63, 3.8) is 0 Å². The Labute approximate surface area is 162 Å². The molecule has 3 aromatic rings. The SMILES string of the molecule is COc1ccc(Cl)cc1NC(=O)CNc1ccccc1Oc1ccccc1. The number of ether oxygens (including phenoxy) is 2. The number of hydrogen-bond donors (Lipinski definition) is 2. The van der Waals surface area contributed by atoms with Gasteiger partial charge in [-0.2, -0.15) is 0 Å².